The molecule has 0 radical (unpaired) electrons. The average Bonchev–Trinajstić information content (AvgIpc) is 1.67. The van der Waals surface area contributed by atoms with Crippen molar-refractivity contribution in [2.75, 3.05) is 13.2 Å². The van der Waals surface area contributed by atoms with E-state index in [-0.39, 0.29) is 22.0 Å². The Morgan fingerprint density at radius 3 is 1.19 bits per heavy atom. The minimum absolute atomic E-state index is 0.00782. The quantitative estimate of drug-likeness (QED) is 0.191. The van der Waals surface area contributed by atoms with Crippen LogP contribution >= 0.6 is 0 Å². The lowest BCUT2D eigenvalue weighted by Gasteiger charge is -2.59. The second-order valence-corrected chi connectivity index (χ2v) is 40.8. The van der Waals surface area contributed by atoms with Gasteiger partial charge in [-0.1, -0.05) is 67.0 Å². The Morgan fingerprint density at radius 1 is 0.394 bits per heavy atom. The maximum Gasteiger partial charge on any atom is 0.174 e. The molecule has 17 aliphatic rings. The molecule has 1 spiro atoms. The minimum Gasteiger partial charge on any atom is -0.390 e. The third kappa shape index (κ3) is 11.7. The molecular weight excluding hydrogens is 1160 g/mol. The molecule has 1 aliphatic heterocycles. The highest BCUT2D eigenvalue weighted by atomic mass is 16.7. The number of ketones is 2. The van der Waals surface area contributed by atoms with Crippen molar-refractivity contribution in [3.63, 3.8) is 0 Å². The van der Waals surface area contributed by atoms with E-state index in [1.54, 1.807) is 5.57 Å². The monoisotopic (exact) mass is 1300 g/mol. The Bertz CT molecular complexity index is 2790. The molecule has 8 nitrogen and oxygen atoms in total. The van der Waals surface area contributed by atoms with E-state index >= 15 is 0 Å². The molecule has 0 bridgehead atoms. The number of hydrogen-bond donors (Lipinski definition) is 4. The maximum absolute atomic E-state index is 12.4. The number of carbonyl (C=O) groups excluding carboxylic acids is 2. The Morgan fingerprint density at radius 2 is 0.755 bits per heavy atom. The number of allylic oxidation sites excluding steroid dienone is 2. The van der Waals surface area contributed by atoms with Gasteiger partial charge < -0.3 is 29.9 Å². The van der Waals surface area contributed by atoms with E-state index in [1.807, 2.05) is 20.8 Å². The lowest BCUT2D eigenvalue weighted by atomic mass is 9.47. The first-order valence-corrected chi connectivity index (χ1v) is 41.1. The van der Waals surface area contributed by atoms with Gasteiger partial charge in [-0.2, -0.15) is 0 Å². The number of carbonyl (C=O) groups is 2. The molecule has 0 aromatic carbocycles. The molecule has 1 saturated heterocycles. The molecule has 0 aromatic rings. The number of rotatable bonds is 1. The van der Waals surface area contributed by atoms with Crippen molar-refractivity contribution >= 4 is 11.6 Å². The summed E-state index contributed by atoms with van der Waals surface area (Å²) in [6, 6.07) is 0. The van der Waals surface area contributed by atoms with Crippen molar-refractivity contribution in [2.45, 2.75) is 331 Å². The highest BCUT2D eigenvalue weighted by Crippen LogP contribution is 2.71. The molecule has 8 heteroatoms. The Labute approximate surface area is 573 Å². The summed E-state index contributed by atoms with van der Waals surface area (Å²) in [7, 11) is 0. The zero-order valence-electron chi connectivity index (χ0n) is 62.5. The summed E-state index contributed by atoms with van der Waals surface area (Å²) in [5.74, 6) is 20.6. The Hall–Kier alpha value is -1.16. The van der Waals surface area contributed by atoms with Gasteiger partial charge in [0.1, 0.15) is 11.6 Å². The minimum atomic E-state index is -0.436. The third-order valence-corrected chi connectivity index (χ3v) is 35.8. The van der Waals surface area contributed by atoms with E-state index in [0.717, 1.165) is 227 Å². The van der Waals surface area contributed by atoms with Crippen LogP contribution in [0.25, 0.3) is 0 Å². The lowest BCUT2D eigenvalue weighted by molar-refractivity contribution is -0.245. The number of hydrogen-bond acceptors (Lipinski definition) is 8. The van der Waals surface area contributed by atoms with Crippen molar-refractivity contribution in [2.24, 2.45) is 170 Å². The van der Waals surface area contributed by atoms with Crippen LogP contribution in [0, 0.1) is 170 Å². The van der Waals surface area contributed by atoms with Gasteiger partial charge in [0, 0.05) is 29.6 Å². The summed E-state index contributed by atoms with van der Waals surface area (Å²) in [6.07, 6.45) is 41.0. The standard InChI is InChI=1S/C22H36O3.C22H36O2.C22H36O.C20H32O2/c1-14-12-17-15(16-4-7-20(2,23)13-18(14)16)5-8-21(3)19(17)6-9-22(21)24-10-11-25-22;1-13-11-17-15(16-7-9-21(3,24)12-18(13)16)8-10-22(4)19(14(2)23)5-6-20(17)22;1-5-15-6-7-20-18-12-14(2)19-13-21(3,23)10-8-17(19)16(18)9-11-22(15,20)4;1-12-10-15-13(14-6-8-19(2,22)11-16(12)14)7-9-20(3)17(15)4-5-18(20)21/h14-19,23H,4-13H2,1-3H3;13,15-20,24H,5-12H2,1-4H3;5,14,16-20,23H,6-13H2,1-4H3;12-17,22H,4-11H2,1-3H3/b;;15-5-;/t14-,15-,16-,17-,18-,19+,20?,21+;13-,15-,16-,17-,18-,19-,20+,21-,22-;14-,16-,17-,18-,19-,20+,21?,22-;12-,13-,14-,15-,16-,17+,19?,20+/m1111/s1. The molecule has 33 atom stereocenters. The summed E-state index contributed by atoms with van der Waals surface area (Å²) in [6.45, 7) is 33.5. The van der Waals surface area contributed by atoms with Gasteiger partial charge in [-0.05, 0) is 387 Å². The fourth-order valence-electron chi connectivity index (χ4n) is 31.2. The van der Waals surface area contributed by atoms with Gasteiger partial charge in [0.25, 0.3) is 0 Å². The van der Waals surface area contributed by atoms with Crippen molar-refractivity contribution in [3.05, 3.63) is 11.6 Å². The highest BCUT2D eigenvalue weighted by Gasteiger charge is 2.68. The van der Waals surface area contributed by atoms with Crippen LogP contribution in [0.15, 0.2) is 11.6 Å². The van der Waals surface area contributed by atoms with E-state index in [2.05, 4.69) is 82.2 Å². The van der Waals surface area contributed by atoms with Crippen molar-refractivity contribution in [3.8, 4) is 0 Å². The van der Waals surface area contributed by atoms with E-state index in [1.165, 1.54) is 122 Å². The van der Waals surface area contributed by atoms with Gasteiger partial charge in [-0.3, -0.25) is 9.59 Å². The van der Waals surface area contributed by atoms with E-state index in [0.29, 0.717) is 34.7 Å². The van der Waals surface area contributed by atoms with E-state index < -0.39 is 22.4 Å². The van der Waals surface area contributed by atoms with Gasteiger partial charge >= 0.3 is 0 Å². The summed E-state index contributed by atoms with van der Waals surface area (Å²) in [5.41, 5.74) is 1.11. The first-order chi connectivity index (χ1) is 44.3. The molecule has 3 unspecified atom stereocenters. The predicted octanol–water partition coefficient (Wildman–Crippen LogP) is 19.0. The second-order valence-electron chi connectivity index (χ2n) is 40.8. The van der Waals surface area contributed by atoms with Crippen LogP contribution in [0.4, 0.5) is 0 Å². The fourth-order valence-corrected chi connectivity index (χ4v) is 31.2. The molecule has 0 aromatic heterocycles. The second kappa shape index (κ2) is 25.1. The summed E-state index contributed by atoms with van der Waals surface area (Å²) < 4.78 is 12.5. The normalized spacial score (nSPS) is 57.4. The average molecular weight is 1300 g/mol. The van der Waals surface area contributed by atoms with E-state index in [9.17, 15) is 30.0 Å². The molecule has 4 N–H and O–H groups in total. The Balaban J connectivity index is 0.000000108. The fraction of sp³-hybridized carbons (Fsp3) is 0.953. The van der Waals surface area contributed by atoms with Gasteiger partial charge in [0.2, 0.25) is 0 Å². The zero-order valence-corrected chi connectivity index (χ0v) is 62.5. The molecule has 0 amide bonds. The first kappa shape index (κ1) is 69.9. The van der Waals surface area contributed by atoms with Crippen molar-refractivity contribution in [1.82, 2.24) is 0 Å². The van der Waals surface area contributed by atoms with Gasteiger partial charge in [0.05, 0.1) is 35.6 Å². The van der Waals surface area contributed by atoms with Crippen LogP contribution in [0.2, 0.25) is 0 Å². The van der Waals surface area contributed by atoms with Crippen LogP contribution in [0.1, 0.15) is 302 Å². The maximum atomic E-state index is 12.4. The van der Waals surface area contributed by atoms with Gasteiger partial charge in [-0.15, -0.1) is 0 Å². The van der Waals surface area contributed by atoms with Gasteiger partial charge in [0.15, 0.2) is 5.79 Å². The number of fused-ring (bicyclic) bond motifs is 21. The molecule has 16 aliphatic carbocycles. The van der Waals surface area contributed by atoms with E-state index in [4.69, 9.17) is 9.47 Å². The SMILES string of the molecule is C/C=C1/CC[C@H]2[C@@H]3C[C@@H](C)[C@H]4CC(C)(O)CC[C@@H]4[C@H]3CC[C@]12C.CC(=O)[C@H]1CC[C@H]2[C@@H]3C[C@@H](C)[C@H]4C[C@](C)(O)CC[C@@H]4[C@H]3CC[C@]12C.C[C@@H]1C[C@@H]2[C@H](CC[C@@]3(C)[C@H]2CCC32OCCO2)[C@H]2CCC(C)(O)C[C@@H]21.C[C@@H]1C[C@@H]2[C@H](CC[C@]3(C)C(=O)CC[C@@H]23)[C@H]2CCC(C)(O)C[C@@H]21. The lowest BCUT2D eigenvalue weighted by Crippen LogP contribution is -2.56. The molecule has 1 heterocycles. The van der Waals surface area contributed by atoms with Crippen LogP contribution < -0.4 is 0 Å². The molecule has 532 valence electrons. The zero-order chi connectivity index (χ0) is 66.8. The summed E-state index contributed by atoms with van der Waals surface area (Å²) >= 11 is 0. The molecule has 17 fully saturated rings. The largest absolute Gasteiger partial charge is 0.390 e. The molecule has 17 rings (SSSR count). The molecular formula is C86H140O8. The van der Waals surface area contributed by atoms with Crippen LogP contribution in [0.5, 0.6) is 0 Å². The number of aliphatic hydroxyl groups is 4. The first-order valence-electron chi connectivity index (χ1n) is 41.1. The van der Waals surface area contributed by atoms with Crippen LogP contribution in [-0.4, -0.2) is 73.4 Å². The number of Topliss-reactive ketones (excluding diaryl/α,β-unsaturated/α-hetero) is 2. The van der Waals surface area contributed by atoms with Crippen molar-refractivity contribution < 1.29 is 39.5 Å². The summed E-state index contributed by atoms with van der Waals surface area (Å²) in [4.78, 5) is 24.6. The molecule has 16 saturated carbocycles. The third-order valence-electron chi connectivity index (χ3n) is 35.8. The van der Waals surface area contributed by atoms with Crippen LogP contribution in [0.3, 0.4) is 0 Å². The summed E-state index contributed by atoms with van der Waals surface area (Å²) in [5, 5.41) is 42.3. The van der Waals surface area contributed by atoms with Crippen LogP contribution in [-0.2, 0) is 19.1 Å². The predicted molar refractivity (Wildman–Crippen MR) is 377 cm³/mol. The number of ether oxygens (including phenoxy) is 2. The molecule has 94 heavy (non-hydrogen) atoms. The van der Waals surface area contributed by atoms with Crippen molar-refractivity contribution in [1.29, 1.82) is 0 Å². The van der Waals surface area contributed by atoms with Gasteiger partial charge in [-0.25, -0.2) is 0 Å². The Kier molecular flexibility index (Phi) is 18.6. The topological polar surface area (TPSA) is 134 Å². The smallest absolute Gasteiger partial charge is 0.174 e. The highest BCUT2D eigenvalue weighted by molar-refractivity contribution is 5.87.